The molecule has 0 radical (unpaired) electrons. The third kappa shape index (κ3) is 3.10. The number of likely N-dealkylation sites (tertiary alicyclic amines) is 1. The number of fused-ring (bicyclic) bond motifs is 3. The third-order valence-electron chi connectivity index (χ3n) is 6.22. The summed E-state index contributed by atoms with van der Waals surface area (Å²) in [6, 6.07) is 10.4. The van der Waals surface area contributed by atoms with Crippen molar-refractivity contribution in [3.05, 3.63) is 47.0 Å². The van der Waals surface area contributed by atoms with E-state index in [2.05, 4.69) is 40.3 Å². The number of ether oxygens (including phenoxy) is 2. The number of benzene rings is 1. The first-order chi connectivity index (χ1) is 14.7. The summed E-state index contributed by atoms with van der Waals surface area (Å²) in [5.41, 5.74) is 5.39. The summed E-state index contributed by atoms with van der Waals surface area (Å²) in [7, 11) is 3.33. The normalized spacial score (nSPS) is 15.5. The molecule has 6 heteroatoms. The highest BCUT2D eigenvalue weighted by molar-refractivity contribution is 7.13. The number of carbonyl (C=O) groups is 1. The van der Waals surface area contributed by atoms with Gasteiger partial charge in [0.1, 0.15) is 5.69 Å². The van der Waals surface area contributed by atoms with E-state index < -0.39 is 0 Å². The van der Waals surface area contributed by atoms with E-state index in [0.29, 0.717) is 5.75 Å². The number of rotatable bonds is 4. The maximum absolute atomic E-state index is 13.5. The molecule has 30 heavy (non-hydrogen) atoms. The van der Waals surface area contributed by atoms with Crippen molar-refractivity contribution in [2.24, 2.45) is 0 Å². The predicted octanol–water partition coefficient (Wildman–Crippen LogP) is 5.08. The lowest BCUT2D eigenvalue weighted by molar-refractivity contribution is 0.0713. The summed E-state index contributed by atoms with van der Waals surface area (Å²) < 4.78 is 13.3. The monoisotopic (exact) mass is 422 g/mol. The molecule has 3 aromatic rings. The van der Waals surface area contributed by atoms with Gasteiger partial charge in [0.05, 0.1) is 19.9 Å². The van der Waals surface area contributed by atoms with Gasteiger partial charge in [-0.3, -0.25) is 4.79 Å². The number of aryl methyl sites for hydroxylation is 1. The topological polar surface area (TPSA) is 43.7 Å². The average molecular weight is 423 g/mol. The number of piperidine rings is 1. The number of aromatic nitrogens is 1. The predicted molar refractivity (Wildman–Crippen MR) is 120 cm³/mol. The molecular weight excluding hydrogens is 396 g/mol. The molecule has 2 aliphatic heterocycles. The summed E-state index contributed by atoms with van der Waals surface area (Å²) in [5, 5.41) is 2.09. The summed E-state index contributed by atoms with van der Waals surface area (Å²) >= 11 is 1.71. The first-order valence-electron chi connectivity index (χ1n) is 10.5. The Morgan fingerprint density at radius 1 is 0.967 bits per heavy atom. The molecule has 5 rings (SSSR count). The summed E-state index contributed by atoms with van der Waals surface area (Å²) in [5.74, 6) is 1.62. The number of methoxy groups -OCH3 is 2. The standard InChI is InChI=1S/C24H26N2O3S/c1-28-20-13-16-8-11-26-19(24(27)25-9-4-3-5-10-25)14-18(22-7-6-12-30-22)23(26)17(16)15-21(20)29-2/h6-7,12-15H,3-5,8-11H2,1-2H3. The van der Waals surface area contributed by atoms with Crippen LogP contribution in [0.4, 0.5) is 0 Å². The second-order valence-electron chi connectivity index (χ2n) is 7.89. The van der Waals surface area contributed by atoms with Gasteiger partial charge in [-0.05, 0) is 60.9 Å². The van der Waals surface area contributed by atoms with Crippen LogP contribution < -0.4 is 9.47 Å². The molecular formula is C24H26N2O3S. The van der Waals surface area contributed by atoms with Crippen LogP contribution in [0.1, 0.15) is 35.3 Å². The number of amides is 1. The van der Waals surface area contributed by atoms with Crippen LogP contribution in [0.5, 0.6) is 11.5 Å². The number of hydrogen-bond acceptors (Lipinski definition) is 4. The van der Waals surface area contributed by atoms with Crippen molar-refractivity contribution in [1.29, 1.82) is 0 Å². The molecule has 4 heterocycles. The van der Waals surface area contributed by atoms with E-state index in [4.69, 9.17) is 9.47 Å². The van der Waals surface area contributed by atoms with Crippen LogP contribution in [0.2, 0.25) is 0 Å². The van der Waals surface area contributed by atoms with Gasteiger partial charge in [-0.25, -0.2) is 0 Å². The van der Waals surface area contributed by atoms with Crippen LogP contribution in [0.25, 0.3) is 21.7 Å². The van der Waals surface area contributed by atoms with Crippen LogP contribution >= 0.6 is 11.3 Å². The maximum atomic E-state index is 13.5. The van der Waals surface area contributed by atoms with Gasteiger partial charge >= 0.3 is 0 Å². The zero-order valence-electron chi connectivity index (χ0n) is 17.4. The second kappa shape index (κ2) is 7.84. The summed E-state index contributed by atoms with van der Waals surface area (Å²) in [6.45, 7) is 2.50. The SMILES string of the molecule is COc1cc2c(cc1OC)-c1c(-c3cccs3)cc(C(=O)N3CCCCC3)n1CC2. The molecule has 0 unspecified atom stereocenters. The van der Waals surface area contributed by atoms with Crippen LogP contribution in [0.15, 0.2) is 35.7 Å². The Morgan fingerprint density at radius 3 is 2.43 bits per heavy atom. The molecule has 0 saturated carbocycles. The highest BCUT2D eigenvalue weighted by atomic mass is 32.1. The number of nitrogens with zero attached hydrogens (tertiary/aromatic N) is 2. The molecule has 0 atom stereocenters. The minimum absolute atomic E-state index is 0.155. The molecule has 1 aromatic carbocycles. The minimum atomic E-state index is 0.155. The summed E-state index contributed by atoms with van der Waals surface area (Å²) in [6.07, 6.45) is 4.26. The van der Waals surface area contributed by atoms with E-state index >= 15 is 0 Å². The molecule has 156 valence electrons. The lowest BCUT2D eigenvalue weighted by atomic mass is 9.95. The van der Waals surface area contributed by atoms with Crippen molar-refractivity contribution >= 4 is 17.2 Å². The fourth-order valence-corrected chi connectivity index (χ4v) is 5.45. The quantitative estimate of drug-likeness (QED) is 0.589. The van der Waals surface area contributed by atoms with E-state index in [9.17, 15) is 4.79 Å². The lowest BCUT2D eigenvalue weighted by Gasteiger charge is -2.28. The Bertz CT molecular complexity index is 1080. The first kappa shape index (κ1) is 19.2. The van der Waals surface area contributed by atoms with Crippen molar-refractivity contribution < 1.29 is 14.3 Å². The van der Waals surface area contributed by atoms with Crippen molar-refractivity contribution in [3.8, 4) is 33.2 Å². The Morgan fingerprint density at radius 2 is 1.73 bits per heavy atom. The van der Waals surface area contributed by atoms with Crippen LogP contribution in [-0.2, 0) is 13.0 Å². The zero-order valence-corrected chi connectivity index (χ0v) is 18.3. The van der Waals surface area contributed by atoms with E-state index in [1.54, 1.807) is 25.6 Å². The van der Waals surface area contributed by atoms with Gasteiger partial charge in [-0.1, -0.05) is 6.07 Å². The number of carbonyl (C=O) groups excluding carboxylic acids is 1. The van der Waals surface area contributed by atoms with E-state index in [1.165, 1.54) is 16.9 Å². The van der Waals surface area contributed by atoms with Crippen LogP contribution in [0, 0.1) is 0 Å². The molecule has 0 N–H and O–H groups in total. The molecule has 2 aliphatic rings. The van der Waals surface area contributed by atoms with Gasteiger partial charge in [0.25, 0.3) is 5.91 Å². The Labute approximate surface area is 180 Å². The van der Waals surface area contributed by atoms with Crippen molar-refractivity contribution in [2.75, 3.05) is 27.3 Å². The van der Waals surface area contributed by atoms with E-state index in [0.717, 1.165) is 67.2 Å². The second-order valence-corrected chi connectivity index (χ2v) is 8.84. The third-order valence-corrected chi connectivity index (χ3v) is 7.12. The molecule has 1 saturated heterocycles. The maximum Gasteiger partial charge on any atom is 0.270 e. The van der Waals surface area contributed by atoms with Crippen molar-refractivity contribution in [3.63, 3.8) is 0 Å². The van der Waals surface area contributed by atoms with Gasteiger partial charge in [-0.2, -0.15) is 0 Å². The molecule has 5 nitrogen and oxygen atoms in total. The molecule has 1 fully saturated rings. The fraction of sp³-hybridized carbons (Fsp3) is 0.375. The van der Waals surface area contributed by atoms with Crippen molar-refractivity contribution in [1.82, 2.24) is 9.47 Å². The Kier molecular flexibility index (Phi) is 5.03. The highest BCUT2D eigenvalue weighted by Gasteiger charge is 2.30. The first-order valence-corrected chi connectivity index (χ1v) is 11.4. The molecule has 0 spiro atoms. The summed E-state index contributed by atoms with van der Waals surface area (Å²) in [4.78, 5) is 16.7. The van der Waals surface area contributed by atoms with Crippen molar-refractivity contribution in [2.45, 2.75) is 32.2 Å². The van der Waals surface area contributed by atoms with Gasteiger partial charge in [0, 0.05) is 35.6 Å². The molecule has 0 bridgehead atoms. The van der Waals surface area contributed by atoms with Gasteiger partial charge in [0.15, 0.2) is 11.5 Å². The Hall–Kier alpha value is -2.73. The van der Waals surface area contributed by atoms with E-state index in [-0.39, 0.29) is 5.91 Å². The minimum Gasteiger partial charge on any atom is -0.493 e. The lowest BCUT2D eigenvalue weighted by Crippen LogP contribution is -2.37. The highest BCUT2D eigenvalue weighted by Crippen LogP contribution is 2.45. The smallest absolute Gasteiger partial charge is 0.270 e. The average Bonchev–Trinajstić information content (AvgIpc) is 3.46. The number of thiophene rings is 1. The van der Waals surface area contributed by atoms with Gasteiger partial charge < -0.3 is 18.9 Å². The van der Waals surface area contributed by atoms with Gasteiger partial charge in [-0.15, -0.1) is 11.3 Å². The van der Waals surface area contributed by atoms with Crippen LogP contribution in [0.3, 0.4) is 0 Å². The number of hydrogen-bond donors (Lipinski definition) is 0. The molecule has 0 aliphatic carbocycles. The van der Waals surface area contributed by atoms with Crippen LogP contribution in [-0.4, -0.2) is 42.7 Å². The zero-order chi connectivity index (χ0) is 20.7. The molecule has 1 amide bonds. The molecule has 2 aromatic heterocycles. The van der Waals surface area contributed by atoms with Gasteiger partial charge in [0.2, 0.25) is 0 Å². The van der Waals surface area contributed by atoms with E-state index in [1.807, 2.05) is 4.90 Å². The fourth-order valence-electron chi connectivity index (χ4n) is 4.71. The Balaban J connectivity index is 1.69. The largest absolute Gasteiger partial charge is 0.493 e.